The van der Waals surface area contributed by atoms with Crippen LogP contribution in [0.3, 0.4) is 0 Å². The topological polar surface area (TPSA) is 87.4 Å². The Balaban J connectivity index is 1.47. The Morgan fingerprint density at radius 2 is 1.91 bits per heavy atom. The third-order valence-corrected chi connectivity index (χ3v) is 6.01. The van der Waals surface area contributed by atoms with Gasteiger partial charge in [-0.15, -0.1) is 0 Å². The summed E-state index contributed by atoms with van der Waals surface area (Å²) in [6.45, 7) is 5.74. The van der Waals surface area contributed by atoms with Crippen molar-refractivity contribution in [3.8, 4) is 17.2 Å². The highest BCUT2D eigenvalue weighted by atomic mass is 16.7. The SMILES string of the molecule is COC(=O)Cc1c(C)c2cc3c(c(C)c2oc1=O)OCN(Cc1ccc2c(c1)OCO2)C3. The largest absolute Gasteiger partial charge is 0.477 e. The molecule has 0 unspecified atom stereocenters. The van der Waals surface area contributed by atoms with Crippen molar-refractivity contribution >= 4 is 16.9 Å². The van der Waals surface area contributed by atoms with Gasteiger partial charge in [-0.1, -0.05) is 6.07 Å². The molecule has 32 heavy (non-hydrogen) atoms. The minimum atomic E-state index is -0.524. The number of carbonyl (C=O) groups excluding carboxylic acids is 1. The summed E-state index contributed by atoms with van der Waals surface area (Å²) in [6.07, 6.45) is -0.122. The van der Waals surface area contributed by atoms with Crippen LogP contribution < -0.4 is 19.8 Å². The van der Waals surface area contributed by atoms with Gasteiger partial charge >= 0.3 is 11.6 Å². The quantitative estimate of drug-likeness (QED) is 0.454. The van der Waals surface area contributed by atoms with E-state index in [4.69, 9.17) is 23.4 Å². The summed E-state index contributed by atoms with van der Waals surface area (Å²) in [6, 6.07) is 7.92. The van der Waals surface area contributed by atoms with Crippen molar-refractivity contribution in [3.05, 3.63) is 62.5 Å². The number of fused-ring (bicyclic) bond motifs is 3. The van der Waals surface area contributed by atoms with Crippen molar-refractivity contribution in [2.24, 2.45) is 0 Å². The third-order valence-electron chi connectivity index (χ3n) is 6.01. The van der Waals surface area contributed by atoms with Crippen LogP contribution in [0.25, 0.3) is 11.0 Å². The maximum Gasteiger partial charge on any atom is 0.340 e. The predicted octanol–water partition coefficient (Wildman–Crippen LogP) is 3.21. The predicted molar refractivity (Wildman–Crippen MR) is 115 cm³/mol. The number of methoxy groups -OCH3 is 1. The van der Waals surface area contributed by atoms with Crippen LogP contribution in [0.1, 0.15) is 27.8 Å². The average molecular weight is 437 g/mol. The lowest BCUT2D eigenvalue weighted by molar-refractivity contribution is -0.139. The summed E-state index contributed by atoms with van der Waals surface area (Å²) < 4.78 is 27.3. The van der Waals surface area contributed by atoms with Gasteiger partial charge in [0.25, 0.3) is 0 Å². The molecule has 0 bridgehead atoms. The Hall–Kier alpha value is -3.52. The maximum atomic E-state index is 12.5. The van der Waals surface area contributed by atoms with Gasteiger partial charge in [-0.05, 0) is 43.2 Å². The second kappa shape index (κ2) is 7.87. The number of ether oxygens (including phenoxy) is 4. The molecule has 5 rings (SSSR count). The molecule has 2 aliphatic rings. The number of hydrogen-bond donors (Lipinski definition) is 0. The number of carbonyl (C=O) groups is 1. The maximum absolute atomic E-state index is 12.5. The standard InChI is InChI=1S/C24H23NO7/c1-13-17-7-16-10-25(9-15-4-5-19-20(6-15)31-12-30-19)11-29-22(16)14(2)23(17)32-24(27)18(13)8-21(26)28-3/h4-7H,8-12H2,1-3H3. The van der Waals surface area contributed by atoms with E-state index in [1.165, 1.54) is 7.11 Å². The van der Waals surface area contributed by atoms with E-state index in [0.717, 1.165) is 44.9 Å². The average Bonchev–Trinajstić information content (AvgIpc) is 3.25. The van der Waals surface area contributed by atoms with Crippen molar-refractivity contribution in [1.29, 1.82) is 0 Å². The molecule has 1 aromatic heterocycles. The van der Waals surface area contributed by atoms with Crippen LogP contribution in [0.5, 0.6) is 17.2 Å². The first-order valence-corrected chi connectivity index (χ1v) is 10.3. The van der Waals surface area contributed by atoms with Gasteiger partial charge in [0.05, 0.1) is 19.1 Å². The van der Waals surface area contributed by atoms with Crippen LogP contribution in [-0.4, -0.2) is 31.5 Å². The molecule has 0 atom stereocenters. The van der Waals surface area contributed by atoms with E-state index >= 15 is 0 Å². The molecule has 2 aromatic carbocycles. The van der Waals surface area contributed by atoms with E-state index in [9.17, 15) is 9.59 Å². The van der Waals surface area contributed by atoms with Crippen LogP contribution in [0.4, 0.5) is 0 Å². The summed E-state index contributed by atoms with van der Waals surface area (Å²) in [4.78, 5) is 26.5. The second-order valence-electron chi connectivity index (χ2n) is 8.06. The molecule has 0 spiro atoms. The first-order valence-electron chi connectivity index (χ1n) is 10.3. The molecule has 0 amide bonds. The number of hydrogen-bond acceptors (Lipinski definition) is 8. The Morgan fingerprint density at radius 1 is 1.09 bits per heavy atom. The summed E-state index contributed by atoms with van der Waals surface area (Å²) in [5, 5.41) is 0.799. The smallest absolute Gasteiger partial charge is 0.340 e. The van der Waals surface area contributed by atoms with Crippen LogP contribution in [0, 0.1) is 13.8 Å². The van der Waals surface area contributed by atoms with Crippen molar-refractivity contribution in [3.63, 3.8) is 0 Å². The minimum absolute atomic E-state index is 0.122. The zero-order valence-electron chi connectivity index (χ0n) is 18.1. The molecule has 3 heterocycles. The lowest BCUT2D eigenvalue weighted by Crippen LogP contribution is -2.32. The number of esters is 1. The molecular weight excluding hydrogens is 414 g/mol. The summed E-state index contributed by atoms with van der Waals surface area (Å²) in [7, 11) is 1.30. The van der Waals surface area contributed by atoms with Crippen LogP contribution >= 0.6 is 0 Å². The van der Waals surface area contributed by atoms with Crippen LogP contribution in [0.15, 0.2) is 33.5 Å². The number of nitrogens with zero attached hydrogens (tertiary/aromatic N) is 1. The molecule has 0 saturated heterocycles. The zero-order valence-corrected chi connectivity index (χ0v) is 18.1. The highest BCUT2D eigenvalue weighted by molar-refractivity contribution is 5.88. The molecule has 0 aliphatic carbocycles. The highest BCUT2D eigenvalue weighted by Crippen LogP contribution is 2.37. The van der Waals surface area contributed by atoms with E-state index in [2.05, 4.69) is 4.90 Å². The van der Waals surface area contributed by atoms with E-state index in [1.807, 2.05) is 38.1 Å². The molecule has 0 N–H and O–H groups in total. The Kier molecular flexibility index (Phi) is 5.01. The first kappa shape index (κ1) is 20.4. The van der Waals surface area contributed by atoms with Crippen molar-refractivity contribution in [1.82, 2.24) is 4.90 Å². The molecule has 2 aliphatic heterocycles. The summed E-state index contributed by atoms with van der Waals surface area (Å²) >= 11 is 0. The molecule has 3 aromatic rings. The van der Waals surface area contributed by atoms with Gasteiger partial charge < -0.3 is 23.4 Å². The highest BCUT2D eigenvalue weighted by Gasteiger charge is 2.25. The molecule has 0 fully saturated rings. The number of benzene rings is 2. The molecule has 166 valence electrons. The van der Waals surface area contributed by atoms with E-state index in [-0.39, 0.29) is 13.2 Å². The minimum Gasteiger partial charge on any atom is -0.477 e. The Bertz CT molecular complexity index is 1290. The monoisotopic (exact) mass is 437 g/mol. The molecule has 0 radical (unpaired) electrons. The first-order chi connectivity index (χ1) is 15.4. The van der Waals surface area contributed by atoms with Crippen molar-refractivity contribution in [2.45, 2.75) is 33.4 Å². The van der Waals surface area contributed by atoms with E-state index in [1.54, 1.807) is 0 Å². The fourth-order valence-electron chi connectivity index (χ4n) is 4.31. The van der Waals surface area contributed by atoms with Crippen LogP contribution in [0.2, 0.25) is 0 Å². The van der Waals surface area contributed by atoms with Crippen molar-refractivity contribution in [2.75, 3.05) is 20.6 Å². The van der Waals surface area contributed by atoms with Gasteiger partial charge in [-0.2, -0.15) is 0 Å². The van der Waals surface area contributed by atoms with Gasteiger partial charge in [-0.25, -0.2) is 4.79 Å². The normalized spacial score (nSPS) is 14.8. The molecule has 0 saturated carbocycles. The summed E-state index contributed by atoms with van der Waals surface area (Å²) in [5.74, 6) is 1.78. The number of aryl methyl sites for hydroxylation is 2. The van der Waals surface area contributed by atoms with Crippen LogP contribution in [-0.2, 0) is 29.0 Å². The third kappa shape index (κ3) is 3.46. The fraction of sp³-hybridized carbons (Fsp3) is 0.333. The fourth-order valence-corrected chi connectivity index (χ4v) is 4.31. The van der Waals surface area contributed by atoms with Gasteiger partial charge in [-0.3, -0.25) is 9.69 Å². The Labute approximate surface area is 184 Å². The van der Waals surface area contributed by atoms with Gasteiger partial charge in [0.15, 0.2) is 11.5 Å². The van der Waals surface area contributed by atoms with E-state index in [0.29, 0.717) is 31.0 Å². The molecular formula is C24H23NO7. The lowest BCUT2D eigenvalue weighted by atomic mass is 9.97. The van der Waals surface area contributed by atoms with E-state index < -0.39 is 11.6 Å². The van der Waals surface area contributed by atoms with Gasteiger partial charge in [0.2, 0.25) is 6.79 Å². The molecule has 8 nitrogen and oxygen atoms in total. The zero-order chi connectivity index (χ0) is 22.4. The van der Waals surface area contributed by atoms with Gasteiger partial charge in [0.1, 0.15) is 18.1 Å². The Morgan fingerprint density at radius 3 is 2.72 bits per heavy atom. The number of rotatable bonds is 4. The van der Waals surface area contributed by atoms with Crippen molar-refractivity contribution < 1.29 is 28.2 Å². The lowest BCUT2D eigenvalue weighted by Gasteiger charge is -2.30. The second-order valence-corrected chi connectivity index (χ2v) is 8.06. The molecule has 8 heteroatoms. The van der Waals surface area contributed by atoms with Gasteiger partial charge in [0, 0.05) is 29.6 Å². The summed E-state index contributed by atoms with van der Waals surface area (Å²) in [5.41, 5.74) is 3.89.